The smallest absolute Gasteiger partial charge is 0.332 e. The average molecular weight is 468 g/mol. The molecule has 3 heterocycles. The standard InChI is InChI=1S/C21H20N6O5S/c1-6-7-27-12-8-13(31-4)14(32-5)9-15(12)33-20(27)23-16(28)10-26-11-22-18-17(26)19(29)25(3)21(30)24(18)2/h1,8-9,11H,7,10H2,2-5H3. The van der Waals surface area contributed by atoms with Gasteiger partial charge in [-0.25, -0.2) is 9.78 Å². The largest absolute Gasteiger partial charge is 0.493 e. The van der Waals surface area contributed by atoms with Crippen molar-refractivity contribution >= 4 is 38.6 Å². The molecule has 0 radical (unpaired) electrons. The van der Waals surface area contributed by atoms with E-state index in [0.29, 0.717) is 16.3 Å². The summed E-state index contributed by atoms with van der Waals surface area (Å²) in [4.78, 5) is 46.3. The summed E-state index contributed by atoms with van der Waals surface area (Å²) in [5.74, 6) is 3.13. The van der Waals surface area contributed by atoms with E-state index in [2.05, 4.69) is 15.9 Å². The van der Waals surface area contributed by atoms with E-state index < -0.39 is 17.2 Å². The monoisotopic (exact) mass is 468 g/mol. The second-order valence-electron chi connectivity index (χ2n) is 7.11. The normalized spacial score (nSPS) is 11.8. The van der Waals surface area contributed by atoms with Crippen LogP contribution < -0.4 is 25.5 Å². The van der Waals surface area contributed by atoms with Crippen molar-refractivity contribution < 1.29 is 14.3 Å². The van der Waals surface area contributed by atoms with Crippen molar-refractivity contribution in [2.24, 2.45) is 19.1 Å². The van der Waals surface area contributed by atoms with Gasteiger partial charge in [0.1, 0.15) is 6.54 Å². The van der Waals surface area contributed by atoms with Gasteiger partial charge in [-0.3, -0.25) is 18.7 Å². The number of nitrogens with zero attached hydrogens (tertiary/aromatic N) is 6. The maximum atomic E-state index is 12.9. The van der Waals surface area contributed by atoms with Crippen LogP contribution in [0.2, 0.25) is 0 Å². The summed E-state index contributed by atoms with van der Waals surface area (Å²) in [5.41, 5.74) is 0.0472. The van der Waals surface area contributed by atoms with Gasteiger partial charge in [0.25, 0.3) is 11.5 Å². The van der Waals surface area contributed by atoms with Crippen LogP contribution in [0.1, 0.15) is 0 Å². The zero-order valence-corrected chi connectivity index (χ0v) is 19.2. The summed E-state index contributed by atoms with van der Waals surface area (Å²) in [5, 5.41) is 0. The summed E-state index contributed by atoms with van der Waals surface area (Å²) in [6, 6.07) is 3.57. The molecule has 0 N–H and O–H groups in total. The quantitative estimate of drug-likeness (QED) is 0.387. The van der Waals surface area contributed by atoms with E-state index in [0.717, 1.165) is 14.8 Å². The number of aryl methyl sites for hydroxylation is 1. The Kier molecular flexibility index (Phi) is 5.65. The highest BCUT2D eigenvalue weighted by Crippen LogP contribution is 2.33. The third kappa shape index (κ3) is 3.62. The lowest BCUT2D eigenvalue weighted by atomic mass is 10.3. The second kappa shape index (κ2) is 8.44. The van der Waals surface area contributed by atoms with Crippen molar-refractivity contribution in [3.8, 4) is 23.8 Å². The Morgan fingerprint density at radius 1 is 1.18 bits per heavy atom. The second-order valence-corrected chi connectivity index (χ2v) is 8.11. The molecule has 0 atom stereocenters. The number of fused-ring (bicyclic) bond motifs is 2. The molecule has 0 aliphatic rings. The van der Waals surface area contributed by atoms with Crippen LogP contribution in [0.25, 0.3) is 21.4 Å². The van der Waals surface area contributed by atoms with Crippen LogP contribution in [0, 0.1) is 12.3 Å². The summed E-state index contributed by atoms with van der Waals surface area (Å²) in [6.07, 6.45) is 6.88. The number of hydrogen-bond donors (Lipinski definition) is 0. The van der Waals surface area contributed by atoms with Crippen molar-refractivity contribution in [2.45, 2.75) is 13.1 Å². The van der Waals surface area contributed by atoms with Crippen molar-refractivity contribution in [3.63, 3.8) is 0 Å². The number of hydrogen-bond acceptors (Lipinski definition) is 7. The van der Waals surface area contributed by atoms with E-state index in [1.807, 2.05) is 0 Å². The minimum Gasteiger partial charge on any atom is -0.493 e. The molecule has 1 amide bonds. The molecule has 0 fully saturated rings. The van der Waals surface area contributed by atoms with Gasteiger partial charge in [0, 0.05) is 26.2 Å². The van der Waals surface area contributed by atoms with Gasteiger partial charge >= 0.3 is 5.69 Å². The lowest BCUT2D eigenvalue weighted by Crippen LogP contribution is -2.37. The van der Waals surface area contributed by atoms with E-state index in [4.69, 9.17) is 15.9 Å². The van der Waals surface area contributed by atoms with Crippen molar-refractivity contribution in [3.05, 3.63) is 44.1 Å². The van der Waals surface area contributed by atoms with Gasteiger partial charge < -0.3 is 18.6 Å². The number of rotatable bonds is 5. The van der Waals surface area contributed by atoms with Crippen molar-refractivity contribution in [2.75, 3.05) is 14.2 Å². The molecule has 0 saturated heterocycles. The van der Waals surface area contributed by atoms with E-state index in [1.54, 1.807) is 16.7 Å². The van der Waals surface area contributed by atoms with Crippen LogP contribution in [0.3, 0.4) is 0 Å². The molecule has 1 aromatic carbocycles. The van der Waals surface area contributed by atoms with Gasteiger partial charge in [-0.2, -0.15) is 4.99 Å². The van der Waals surface area contributed by atoms with Crippen molar-refractivity contribution in [1.29, 1.82) is 0 Å². The Hall–Kier alpha value is -4.11. The minimum atomic E-state index is -0.540. The highest BCUT2D eigenvalue weighted by atomic mass is 32.1. The zero-order chi connectivity index (χ0) is 23.9. The first-order chi connectivity index (χ1) is 15.8. The lowest BCUT2D eigenvalue weighted by Gasteiger charge is -2.08. The SMILES string of the molecule is C#CCn1c(=NC(=O)Cn2cnc3c2c(=O)n(C)c(=O)n3C)sc2cc(OC)c(OC)cc21. The summed E-state index contributed by atoms with van der Waals surface area (Å²) in [6.45, 7) is -0.0425. The van der Waals surface area contributed by atoms with Gasteiger partial charge in [-0.15, -0.1) is 6.42 Å². The van der Waals surface area contributed by atoms with Crippen LogP contribution in [0.15, 0.2) is 33.0 Å². The molecule has 4 rings (SSSR count). The van der Waals surface area contributed by atoms with E-state index in [1.165, 1.54) is 55.1 Å². The fraction of sp³-hybridized carbons (Fsp3) is 0.286. The highest BCUT2D eigenvalue weighted by Gasteiger charge is 2.17. The van der Waals surface area contributed by atoms with E-state index >= 15 is 0 Å². The molecule has 0 aliphatic heterocycles. The Labute approximate surface area is 190 Å². The number of amides is 1. The summed E-state index contributed by atoms with van der Waals surface area (Å²) in [7, 11) is 5.95. The van der Waals surface area contributed by atoms with Crippen LogP contribution in [0.5, 0.6) is 11.5 Å². The molecule has 0 bridgehead atoms. The first kappa shape index (κ1) is 22.1. The maximum absolute atomic E-state index is 12.9. The molecule has 0 unspecified atom stereocenters. The first-order valence-electron chi connectivity index (χ1n) is 9.68. The van der Waals surface area contributed by atoms with Crippen molar-refractivity contribution in [1.82, 2.24) is 23.3 Å². The number of aromatic nitrogens is 5. The number of methoxy groups -OCH3 is 2. The van der Waals surface area contributed by atoms with Crippen LogP contribution in [-0.2, 0) is 32.0 Å². The Morgan fingerprint density at radius 2 is 1.88 bits per heavy atom. The molecule has 170 valence electrons. The number of thiazole rings is 1. The number of terminal acetylenes is 1. The summed E-state index contributed by atoms with van der Waals surface area (Å²) >= 11 is 1.28. The van der Waals surface area contributed by atoms with Crippen LogP contribution >= 0.6 is 11.3 Å². The molecule has 11 nitrogen and oxygen atoms in total. The molecule has 0 saturated carbocycles. The molecule has 12 heteroatoms. The Balaban J connectivity index is 1.82. The lowest BCUT2D eigenvalue weighted by molar-refractivity contribution is -0.118. The molecule has 0 aliphatic carbocycles. The van der Waals surface area contributed by atoms with Gasteiger partial charge in [0.15, 0.2) is 27.5 Å². The fourth-order valence-electron chi connectivity index (χ4n) is 3.53. The number of carbonyl (C=O) groups excluding carboxylic acids is 1. The van der Waals surface area contributed by atoms with E-state index in [9.17, 15) is 14.4 Å². The van der Waals surface area contributed by atoms with Gasteiger partial charge in [-0.1, -0.05) is 17.3 Å². The first-order valence-corrected chi connectivity index (χ1v) is 10.5. The topological polar surface area (TPSA) is 115 Å². The zero-order valence-electron chi connectivity index (χ0n) is 18.4. The Morgan fingerprint density at radius 3 is 2.55 bits per heavy atom. The highest BCUT2D eigenvalue weighted by molar-refractivity contribution is 7.16. The maximum Gasteiger partial charge on any atom is 0.332 e. The minimum absolute atomic E-state index is 0.144. The molecule has 0 spiro atoms. The molecular weight excluding hydrogens is 448 g/mol. The Bertz CT molecular complexity index is 1640. The third-order valence-corrected chi connectivity index (χ3v) is 6.22. The average Bonchev–Trinajstić information content (AvgIpc) is 3.36. The fourth-order valence-corrected chi connectivity index (χ4v) is 4.59. The number of imidazole rings is 1. The molecule has 3 aromatic heterocycles. The van der Waals surface area contributed by atoms with Gasteiger partial charge in [0.05, 0.1) is 37.3 Å². The van der Waals surface area contributed by atoms with Gasteiger partial charge in [-0.05, 0) is 0 Å². The number of carbonyl (C=O) groups is 1. The number of ether oxygens (including phenoxy) is 2. The number of benzene rings is 1. The van der Waals surface area contributed by atoms with Crippen LogP contribution in [0.4, 0.5) is 0 Å². The third-order valence-electron chi connectivity index (χ3n) is 5.18. The van der Waals surface area contributed by atoms with E-state index in [-0.39, 0.29) is 24.3 Å². The predicted octanol–water partition coefficient (Wildman–Crippen LogP) is 0.228. The summed E-state index contributed by atoms with van der Waals surface area (Å²) < 4.78 is 16.9. The van der Waals surface area contributed by atoms with Crippen LogP contribution in [-0.4, -0.2) is 43.4 Å². The predicted molar refractivity (Wildman–Crippen MR) is 123 cm³/mol. The molecular formula is C21H20N6O5S. The molecule has 33 heavy (non-hydrogen) atoms. The molecule has 4 aromatic rings. The van der Waals surface area contributed by atoms with Gasteiger partial charge in [0.2, 0.25) is 0 Å².